The van der Waals surface area contributed by atoms with Gasteiger partial charge < -0.3 is 30.2 Å². The molecule has 3 amide bonds. The maximum absolute atomic E-state index is 12.8. The van der Waals surface area contributed by atoms with Crippen molar-refractivity contribution < 1.29 is 38.7 Å². The van der Waals surface area contributed by atoms with Crippen LogP contribution >= 0.6 is 0 Å². The highest BCUT2D eigenvalue weighted by Crippen LogP contribution is 2.08. The van der Waals surface area contributed by atoms with E-state index < -0.39 is 48.5 Å². The second-order valence-corrected chi connectivity index (χ2v) is 7.42. The van der Waals surface area contributed by atoms with Crippen LogP contribution in [0, 0.1) is 0 Å². The molecular formula is C23H29N3O8. The Balaban J connectivity index is 2.80. The number of nitrogens with zero attached hydrogens (tertiary/aromatic N) is 1. The quantitative estimate of drug-likeness (QED) is 0.156. The molecule has 11 nitrogen and oxygen atoms in total. The van der Waals surface area contributed by atoms with Crippen LogP contribution in [0.2, 0.25) is 0 Å². The number of Topliss-reactive ketones (excluding diaryl/α,β-unsaturated/α-hetero) is 1. The molecule has 3 N–H and O–H groups in total. The first-order valence-electron chi connectivity index (χ1n) is 10.8. The van der Waals surface area contributed by atoms with E-state index in [1.807, 2.05) is 0 Å². The number of carboxylic acid groups (broad SMARTS) is 1. The van der Waals surface area contributed by atoms with Gasteiger partial charge in [-0.05, 0) is 12.0 Å². The molecule has 0 saturated heterocycles. The van der Waals surface area contributed by atoms with Gasteiger partial charge in [-0.25, -0.2) is 0 Å². The molecule has 0 saturated carbocycles. The molecule has 1 unspecified atom stereocenters. The average Bonchev–Trinajstić information content (AvgIpc) is 2.80. The van der Waals surface area contributed by atoms with Crippen molar-refractivity contribution in [2.45, 2.75) is 44.6 Å². The number of nitrogens with one attached hydrogen (secondary N) is 2. The summed E-state index contributed by atoms with van der Waals surface area (Å²) in [5, 5.41) is 14.0. The van der Waals surface area contributed by atoms with Crippen LogP contribution in [0.1, 0.15) is 37.7 Å². The predicted molar refractivity (Wildman–Crippen MR) is 120 cm³/mol. The lowest BCUT2D eigenvalue weighted by molar-refractivity contribution is -0.146. The van der Waals surface area contributed by atoms with Crippen molar-refractivity contribution in [1.29, 1.82) is 0 Å². The van der Waals surface area contributed by atoms with Crippen LogP contribution in [0.3, 0.4) is 0 Å². The molecule has 11 heteroatoms. The van der Waals surface area contributed by atoms with Crippen molar-refractivity contribution >= 4 is 42.0 Å². The van der Waals surface area contributed by atoms with E-state index in [-0.39, 0.29) is 45.2 Å². The number of ketones is 1. The van der Waals surface area contributed by atoms with Crippen LogP contribution in [0.5, 0.6) is 0 Å². The highest BCUT2D eigenvalue weighted by atomic mass is 16.4. The van der Waals surface area contributed by atoms with Gasteiger partial charge >= 0.3 is 5.97 Å². The molecule has 184 valence electrons. The van der Waals surface area contributed by atoms with Gasteiger partial charge in [0.1, 0.15) is 25.5 Å². The van der Waals surface area contributed by atoms with E-state index >= 15 is 0 Å². The zero-order valence-corrected chi connectivity index (χ0v) is 18.7. The maximum Gasteiger partial charge on any atom is 0.323 e. The van der Waals surface area contributed by atoms with E-state index in [1.165, 1.54) is 0 Å². The molecule has 1 atom stereocenters. The van der Waals surface area contributed by atoms with Crippen LogP contribution in [-0.4, -0.2) is 77.7 Å². The summed E-state index contributed by atoms with van der Waals surface area (Å²) in [6, 6.07) is 7.83. The Labute approximate surface area is 196 Å². The zero-order valence-electron chi connectivity index (χ0n) is 18.7. The van der Waals surface area contributed by atoms with Crippen LogP contribution < -0.4 is 10.6 Å². The molecule has 0 spiro atoms. The number of hydrogen-bond donors (Lipinski definition) is 3. The first-order chi connectivity index (χ1) is 16.3. The summed E-state index contributed by atoms with van der Waals surface area (Å²) in [6.45, 7) is -0.640. The van der Waals surface area contributed by atoms with Crippen LogP contribution in [0.15, 0.2) is 30.3 Å². The van der Waals surface area contributed by atoms with E-state index in [9.17, 15) is 33.6 Å². The van der Waals surface area contributed by atoms with Crippen molar-refractivity contribution in [3.8, 4) is 0 Å². The summed E-state index contributed by atoms with van der Waals surface area (Å²) >= 11 is 0. The minimum Gasteiger partial charge on any atom is -0.480 e. The predicted octanol–water partition coefficient (Wildman–Crippen LogP) is -0.339. The number of aldehydes is 2. The smallest absolute Gasteiger partial charge is 0.323 e. The number of carbonyl (C=O) groups excluding carboxylic acids is 6. The molecule has 0 fully saturated rings. The average molecular weight is 475 g/mol. The fourth-order valence-electron chi connectivity index (χ4n) is 3.02. The lowest BCUT2D eigenvalue weighted by Crippen LogP contribution is -2.45. The summed E-state index contributed by atoms with van der Waals surface area (Å²) < 4.78 is 0. The Hall–Kier alpha value is -3.89. The minimum atomic E-state index is -1.29. The van der Waals surface area contributed by atoms with Gasteiger partial charge in [0.25, 0.3) is 0 Å². The number of rotatable bonds is 17. The van der Waals surface area contributed by atoms with Gasteiger partial charge in [0, 0.05) is 38.8 Å². The third-order valence-electron chi connectivity index (χ3n) is 4.70. The third kappa shape index (κ3) is 11.7. The molecular weight excluding hydrogens is 446 g/mol. The summed E-state index contributed by atoms with van der Waals surface area (Å²) in [6.07, 6.45) is 0.420. The van der Waals surface area contributed by atoms with Gasteiger partial charge in [0.15, 0.2) is 5.78 Å². The summed E-state index contributed by atoms with van der Waals surface area (Å²) in [4.78, 5) is 82.2. The molecule has 1 aromatic carbocycles. The van der Waals surface area contributed by atoms with Crippen molar-refractivity contribution in [3.63, 3.8) is 0 Å². The second kappa shape index (κ2) is 15.8. The standard InChI is InChI=1S/C23H29N3O8/c27-12-4-10-24-20(30)9-8-19(29)18(14-17-6-2-1-3-7-17)25-21(31)15-22(32)26(11-5-13-28)16-23(33)34/h1-3,6-7,12-13,18H,4-5,8-11,14-16H2,(H,24,30)(H,25,31)(H,33,34). The van der Waals surface area contributed by atoms with E-state index in [1.54, 1.807) is 30.3 Å². The molecule has 1 aromatic rings. The molecule has 0 aliphatic carbocycles. The van der Waals surface area contributed by atoms with Gasteiger partial charge in [-0.1, -0.05) is 30.3 Å². The molecule has 0 heterocycles. The molecule has 1 rings (SSSR count). The first kappa shape index (κ1) is 28.1. The van der Waals surface area contributed by atoms with Crippen LogP contribution in [0.25, 0.3) is 0 Å². The topological polar surface area (TPSA) is 167 Å². The molecule has 0 aliphatic heterocycles. The highest BCUT2D eigenvalue weighted by Gasteiger charge is 2.25. The van der Waals surface area contributed by atoms with Gasteiger partial charge in [-0.2, -0.15) is 0 Å². The van der Waals surface area contributed by atoms with Crippen LogP contribution in [0.4, 0.5) is 0 Å². The molecule has 0 radical (unpaired) electrons. The summed E-state index contributed by atoms with van der Waals surface area (Å²) in [5.74, 6) is -3.69. The summed E-state index contributed by atoms with van der Waals surface area (Å²) in [5.41, 5.74) is 0.751. The normalized spacial score (nSPS) is 11.1. The van der Waals surface area contributed by atoms with Crippen molar-refractivity contribution in [2.75, 3.05) is 19.6 Å². The lowest BCUT2D eigenvalue weighted by Gasteiger charge is -2.21. The third-order valence-corrected chi connectivity index (χ3v) is 4.70. The van der Waals surface area contributed by atoms with E-state index in [4.69, 9.17) is 5.11 Å². The minimum absolute atomic E-state index is 0.0787. The number of hydrogen-bond acceptors (Lipinski definition) is 7. The maximum atomic E-state index is 12.8. The van der Waals surface area contributed by atoms with Crippen molar-refractivity contribution in [3.05, 3.63) is 35.9 Å². The van der Waals surface area contributed by atoms with Gasteiger partial charge in [0.05, 0.1) is 6.04 Å². The highest BCUT2D eigenvalue weighted by molar-refractivity contribution is 6.00. The Morgan fingerprint density at radius 3 is 2.24 bits per heavy atom. The van der Waals surface area contributed by atoms with E-state index in [0.717, 1.165) is 10.5 Å². The fourth-order valence-corrected chi connectivity index (χ4v) is 3.02. The monoisotopic (exact) mass is 475 g/mol. The Morgan fingerprint density at radius 2 is 1.62 bits per heavy atom. The summed E-state index contributed by atoms with van der Waals surface area (Å²) in [7, 11) is 0. The van der Waals surface area contributed by atoms with Crippen LogP contribution in [-0.2, 0) is 40.0 Å². The number of carbonyl (C=O) groups is 7. The molecule has 0 aromatic heterocycles. The Morgan fingerprint density at radius 1 is 0.941 bits per heavy atom. The number of carboxylic acids is 1. The molecule has 0 aliphatic rings. The van der Waals surface area contributed by atoms with E-state index in [0.29, 0.717) is 12.6 Å². The van der Waals surface area contributed by atoms with Crippen molar-refractivity contribution in [2.24, 2.45) is 0 Å². The Kier molecular flexibility index (Phi) is 13.1. The lowest BCUT2D eigenvalue weighted by atomic mass is 9.99. The van der Waals surface area contributed by atoms with Gasteiger partial charge in [0.2, 0.25) is 17.7 Å². The Bertz CT molecular complexity index is 872. The zero-order chi connectivity index (χ0) is 25.3. The van der Waals surface area contributed by atoms with E-state index in [2.05, 4.69) is 10.6 Å². The van der Waals surface area contributed by atoms with Gasteiger partial charge in [-0.15, -0.1) is 0 Å². The second-order valence-electron chi connectivity index (χ2n) is 7.42. The largest absolute Gasteiger partial charge is 0.480 e. The van der Waals surface area contributed by atoms with Crippen molar-refractivity contribution in [1.82, 2.24) is 15.5 Å². The number of benzene rings is 1. The van der Waals surface area contributed by atoms with Gasteiger partial charge in [-0.3, -0.25) is 24.0 Å². The SMILES string of the molecule is O=CCCNC(=O)CCC(=O)C(Cc1ccccc1)NC(=O)CC(=O)N(CCC=O)CC(=O)O. The fraction of sp³-hybridized carbons (Fsp3) is 0.435. The number of amides is 3. The first-order valence-corrected chi connectivity index (χ1v) is 10.8. The molecule has 0 bridgehead atoms. The number of aliphatic carboxylic acids is 1. The molecule has 34 heavy (non-hydrogen) atoms.